The maximum absolute atomic E-state index is 4.08. The van der Waals surface area contributed by atoms with Crippen LogP contribution < -0.4 is 5.32 Å². The second-order valence-corrected chi connectivity index (χ2v) is 4.17. The van der Waals surface area contributed by atoms with Crippen LogP contribution in [0.4, 0.5) is 5.69 Å². The van der Waals surface area contributed by atoms with Crippen molar-refractivity contribution in [1.29, 1.82) is 0 Å². The van der Waals surface area contributed by atoms with Gasteiger partial charge in [0.2, 0.25) is 0 Å². The fraction of sp³-hybridized carbons (Fsp3) is 0.583. The molecule has 15 heavy (non-hydrogen) atoms. The van der Waals surface area contributed by atoms with E-state index in [-0.39, 0.29) is 0 Å². The van der Waals surface area contributed by atoms with E-state index in [4.69, 9.17) is 0 Å². The number of pyridine rings is 1. The molecule has 1 aromatic rings. The van der Waals surface area contributed by atoms with Gasteiger partial charge in [0.15, 0.2) is 0 Å². The molecule has 0 atom stereocenters. The highest BCUT2D eigenvalue weighted by atomic mass is 15.1. The molecule has 1 N–H and O–H groups in total. The average molecular weight is 205 g/mol. The van der Waals surface area contributed by atoms with Crippen molar-refractivity contribution in [2.75, 3.05) is 31.5 Å². The zero-order valence-corrected chi connectivity index (χ0v) is 9.37. The van der Waals surface area contributed by atoms with Crippen molar-refractivity contribution < 1.29 is 0 Å². The first-order valence-corrected chi connectivity index (χ1v) is 5.73. The third kappa shape index (κ3) is 2.93. The molecule has 0 spiro atoms. The SMILES string of the molecule is Cc1cnccc1NCCN1CCCC1. The lowest BCUT2D eigenvalue weighted by Crippen LogP contribution is -2.26. The third-order valence-electron chi connectivity index (χ3n) is 2.96. The summed E-state index contributed by atoms with van der Waals surface area (Å²) in [6.07, 6.45) is 6.48. The monoisotopic (exact) mass is 205 g/mol. The van der Waals surface area contributed by atoms with Gasteiger partial charge in [-0.3, -0.25) is 4.98 Å². The molecule has 0 amide bonds. The van der Waals surface area contributed by atoms with E-state index in [2.05, 4.69) is 22.1 Å². The molecule has 2 heterocycles. The summed E-state index contributed by atoms with van der Waals surface area (Å²) >= 11 is 0. The van der Waals surface area contributed by atoms with Crippen LogP contribution in [0.15, 0.2) is 18.5 Å². The molecule has 3 heteroatoms. The highest BCUT2D eigenvalue weighted by molar-refractivity contribution is 5.48. The van der Waals surface area contributed by atoms with Crippen LogP contribution in [-0.4, -0.2) is 36.1 Å². The molecule has 0 saturated carbocycles. The van der Waals surface area contributed by atoms with Gasteiger partial charge in [-0.2, -0.15) is 0 Å². The summed E-state index contributed by atoms with van der Waals surface area (Å²) in [4.78, 5) is 6.60. The Morgan fingerprint density at radius 1 is 1.40 bits per heavy atom. The van der Waals surface area contributed by atoms with E-state index in [1.807, 2.05) is 18.5 Å². The largest absolute Gasteiger partial charge is 0.383 e. The van der Waals surface area contributed by atoms with E-state index in [0.29, 0.717) is 0 Å². The van der Waals surface area contributed by atoms with Crippen LogP contribution in [0.3, 0.4) is 0 Å². The Hall–Kier alpha value is -1.09. The lowest BCUT2D eigenvalue weighted by Gasteiger charge is -2.15. The fourth-order valence-corrected chi connectivity index (χ4v) is 2.03. The lowest BCUT2D eigenvalue weighted by atomic mass is 10.2. The maximum atomic E-state index is 4.08. The van der Waals surface area contributed by atoms with Crippen molar-refractivity contribution in [2.45, 2.75) is 19.8 Å². The molecule has 1 aromatic heterocycles. The molecule has 0 aliphatic carbocycles. The van der Waals surface area contributed by atoms with Gasteiger partial charge in [0.1, 0.15) is 0 Å². The van der Waals surface area contributed by atoms with E-state index in [1.165, 1.54) is 37.2 Å². The molecular formula is C12H19N3. The number of nitrogens with one attached hydrogen (secondary N) is 1. The smallest absolute Gasteiger partial charge is 0.0401 e. The van der Waals surface area contributed by atoms with Gasteiger partial charge >= 0.3 is 0 Å². The summed E-state index contributed by atoms with van der Waals surface area (Å²) < 4.78 is 0. The number of aromatic nitrogens is 1. The Morgan fingerprint density at radius 2 is 2.20 bits per heavy atom. The Balaban J connectivity index is 1.75. The van der Waals surface area contributed by atoms with Crippen LogP contribution in [0, 0.1) is 6.92 Å². The van der Waals surface area contributed by atoms with Gasteiger partial charge in [0, 0.05) is 31.2 Å². The topological polar surface area (TPSA) is 28.2 Å². The number of nitrogens with zero attached hydrogens (tertiary/aromatic N) is 2. The van der Waals surface area contributed by atoms with Crippen molar-refractivity contribution >= 4 is 5.69 Å². The molecule has 0 bridgehead atoms. The zero-order chi connectivity index (χ0) is 10.5. The van der Waals surface area contributed by atoms with Gasteiger partial charge in [-0.15, -0.1) is 0 Å². The molecule has 0 aromatic carbocycles. The molecule has 1 fully saturated rings. The number of anilines is 1. The summed E-state index contributed by atoms with van der Waals surface area (Å²) in [5.41, 5.74) is 2.43. The number of rotatable bonds is 4. The van der Waals surface area contributed by atoms with E-state index in [0.717, 1.165) is 13.1 Å². The molecule has 3 nitrogen and oxygen atoms in total. The maximum Gasteiger partial charge on any atom is 0.0401 e. The van der Waals surface area contributed by atoms with E-state index in [9.17, 15) is 0 Å². The number of aryl methyl sites for hydroxylation is 1. The predicted octanol–water partition coefficient (Wildman–Crippen LogP) is 1.90. The van der Waals surface area contributed by atoms with Gasteiger partial charge in [-0.05, 0) is 44.5 Å². The van der Waals surface area contributed by atoms with Crippen molar-refractivity contribution in [2.24, 2.45) is 0 Å². The third-order valence-corrected chi connectivity index (χ3v) is 2.96. The molecule has 1 saturated heterocycles. The van der Waals surface area contributed by atoms with Crippen LogP contribution in [0.2, 0.25) is 0 Å². The first-order valence-electron chi connectivity index (χ1n) is 5.73. The molecular weight excluding hydrogens is 186 g/mol. The number of hydrogen-bond acceptors (Lipinski definition) is 3. The second kappa shape index (κ2) is 5.12. The van der Waals surface area contributed by atoms with Crippen molar-refractivity contribution in [1.82, 2.24) is 9.88 Å². The minimum absolute atomic E-state index is 1.03. The van der Waals surface area contributed by atoms with Gasteiger partial charge in [-0.25, -0.2) is 0 Å². The van der Waals surface area contributed by atoms with Gasteiger partial charge in [0.25, 0.3) is 0 Å². The molecule has 0 radical (unpaired) electrons. The van der Waals surface area contributed by atoms with E-state index < -0.39 is 0 Å². The Bertz CT molecular complexity index is 305. The Labute approximate surface area is 91.5 Å². The molecule has 1 aliphatic heterocycles. The van der Waals surface area contributed by atoms with E-state index >= 15 is 0 Å². The second-order valence-electron chi connectivity index (χ2n) is 4.17. The summed E-state index contributed by atoms with van der Waals surface area (Å²) in [5.74, 6) is 0. The summed E-state index contributed by atoms with van der Waals surface area (Å²) in [5, 5.41) is 3.46. The predicted molar refractivity (Wildman–Crippen MR) is 63.1 cm³/mol. The lowest BCUT2D eigenvalue weighted by molar-refractivity contribution is 0.352. The molecule has 82 valence electrons. The number of hydrogen-bond donors (Lipinski definition) is 1. The standard InChI is InChI=1S/C12H19N3/c1-11-10-13-5-4-12(11)14-6-9-15-7-2-3-8-15/h4-5,10H,2-3,6-9H2,1H3,(H,13,14). The van der Waals surface area contributed by atoms with Crippen LogP contribution >= 0.6 is 0 Å². The van der Waals surface area contributed by atoms with Gasteiger partial charge < -0.3 is 10.2 Å². The summed E-state index contributed by atoms with van der Waals surface area (Å²) in [6.45, 7) is 6.83. The minimum atomic E-state index is 1.03. The summed E-state index contributed by atoms with van der Waals surface area (Å²) in [6, 6.07) is 2.04. The van der Waals surface area contributed by atoms with Crippen LogP contribution in [0.5, 0.6) is 0 Å². The number of likely N-dealkylation sites (tertiary alicyclic amines) is 1. The quantitative estimate of drug-likeness (QED) is 0.813. The minimum Gasteiger partial charge on any atom is -0.383 e. The van der Waals surface area contributed by atoms with Crippen LogP contribution in [0.1, 0.15) is 18.4 Å². The van der Waals surface area contributed by atoms with E-state index in [1.54, 1.807) is 0 Å². The molecule has 0 unspecified atom stereocenters. The Kier molecular flexibility index (Phi) is 3.56. The average Bonchev–Trinajstić information content (AvgIpc) is 2.74. The van der Waals surface area contributed by atoms with Crippen molar-refractivity contribution in [3.63, 3.8) is 0 Å². The summed E-state index contributed by atoms with van der Waals surface area (Å²) in [7, 11) is 0. The Morgan fingerprint density at radius 3 is 2.93 bits per heavy atom. The normalized spacial score (nSPS) is 16.9. The highest BCUT2D eigenvalue weighted by Gasteiger charge is 2.10. The first-order chi connectivity index (χ1) is 7.36. The molecule has 1 aliphatic rings. The van der Waals surface area contributed by atoms with Crippen LogP contribution in [-0.2, 0) is 0 Å². The van der Waals surface area contributed by atoms with Gasteiger partial charge in [0.05, 0.1) is 0 Å². The first kappa shape index (κ1) is 10.4. The zero-order valence-electron chi connectivity index (χ0n) is 9.37. The van der Waals surface area contributed by atoms with Crippen LogP contribution in [0.25, 0.3) is 0 Å². The van der Waals surface area contributed by atoms with Crippen molar-refractivity contribution in [3.8, 4) is 0 Å². The fourth-order valence-electron chi connectivity index (χ4n) is 2.03. The highest BCUT2D eigenvalue weighted by Crippen LogP contribution is 2.11. The van der Waals surface area contributed by atoms with Gasteiger partial charge in [-0.1, -0.05) is 0 Å². The van der Waals surface area contributed by atoms with Crippen molar-refractivity contribution in [3.05, 3.63) is 24.0 Å². The molecule has 2 rings (SSSR count).